The molecule has 75 valence electrons. The zero-order valence-corrected chi connectivity index (χ0v) is 8.37. The van der Waals surface area contributed by atoms with Crippen LogP contribution in [0.4, 0.5) is 0 Å². The average Bonchev–Trinajstić information content (AvgIpc) is 2.25. The van der Waals surface area contributed by atoms with Gasteiger partial charge in [-0.15, -0.1) is 0 Å². The van der Waals surface area contributed by atoms with Gasteiger partial charge in [0.05, 0.1) is 13.7 Å². The van der Waals surface area contributed by atoms with E-state index >= 15 is 0 Å². The smallest absolute Gasteiger partial charge is 0.233 e. The van der Waals surface area contributed by atoms with Crippen molar-refractivity contribution in [3.8, 4) is 11.5 Å². The highest BCUT2D eigenvalue weighted by molar-refractivity contribution is 5.76. The van der Waals surface area contributed by atoms with Gasteiger partial charge in [-0.2, -0.15) is 0 Å². The molecule has 0 saturated heterocycles. The van der Waals surface area contributed by atoms with Crippen LogP contribution in [0.15, 0.2) is 18.2 Å². The summed E-state index contributed by atoms with van der Waals surface area (Å²) in [7, 11) is 1.57. The summed E-state index contributed by atoms with van der Waals surface area (Å²) in [6, 6.07) is 4.97. The number of benzene rings is 1. The molecular weight excluding hydrogens is 180 g/mol. The zero-order valence-electron chi connectivity index (χ0n) is 8.37. The maximum atomic E-state index is 10.4. The highest BCUT2D eigenvalue weighted by Gasteiger charge is 2.04. The summed E-state index contributed by atoms with van der Waals surface area (Å²) in [5, 5.41) is 0. The van der Waals surface area contributed by atoms with Gasteiger partial charge in [0.25, 0.3) is 0 Å². The van der Waals surface area contributed by atoms with E-state index < -0.39 is 0 Å². The molecule has 3 heteroatoms. The van der Waals surface area contributed by atoms with E-state index in [9.17, 15) is 4.79 Å². The standard InChI is InChI=1S/C11H13O3/c1-3-6-14-11-7-9(8-12)4-5-10(11)13-2/h4-5,7H,3,6H2,1-2H3. The first-order valence-corrected chi connectivity index (χ1v) is 4.50. The molecule has 1 rings (SSSR count). The van der Waals surface area contributed by atoms with Crippen LogP contribution in [0.1, 0.15) is 18.9 Å². The fraction of sp³-hybridized carbons (Fsp3) is 0.364. The highest BCUT2D eigenvalue weighted by atomic mass is 16.5. The lowest BCUT2D eigenvalue weighted by Crippen LogP contribution is -1.98. The van der Waals surface area contributed by atoms with Crippen molar-refractivity contribution in [1.29, 1.82) is 0 Å². The van der Waals surface area contributed by atoms with E-state index in [4.69, 9.17) is 9.47 Å². The topological polar surface area (TPSA) is 35.5 Å². The molecule has 0 saturated carbocycles. The number of carbonyl (C=O) groups excluding carboxylic acids is 1. The normalized spacial score (nSPS) is 9.57. The number of ether oxygens (including phenoxy) is 2. The van der Waals surface area contributed by atoms with Crippen LogP contribution >= 0.6 is 0 Å². The van der Waals surface area contributed by atoms with Crippen molar-refractivity contribution >= 4 is 6.29 Å². The third kappa shape index (κ3) is 2.49. The molecule has 1 radical (unpaired) electrons. The number of hydrogen-bond donors (Lipinski definition) is 0. The number of hydrogen-bond acceptors (Lipinski definition) is 3. The quantitative estimate of drug-likeness (QED) is 0.716. The van der Waals surface area contributed by atoms with E-state index in [1.165, 1.54) is 0 Å². The van der Waals surface area contributed by atoms with Crippen LogP contribution < -0.4 is 9.47 Å². The second-order valence-corrected chi connectivity index (χ2v) is 2.82. The molecule has 1 aromatic rings. The molecular formula is C11H13O3. The Morgan fingerprint density at radius 3 is 2.71 bits per heavy atom. The van der Waals surface area contributed by atoms with Crippen molar-refractivity contribution < 1.29 is 14.3 Å². The van der Waals surface area contributed by atoms with E-state index in [2.05, 4.69) is 0 Å². The fourth-order valence-corrected chi connectivity index (χ4v) is 1.07. The predicted molar refractivity (Wildman–Crippen MR) is 53.6 cm³/mol. The molecule has 0 aromatic heterocycles. The maximum absolute atomic E-state index is 10.4. The van der Waals surface area contributed by atoms with E-state index in [1.807, 2.05) is 13.2 Å². The molecule has 0 bridgehead atoms. The van der Waals surface area contributed by atoms with Crippen molar-refractivity contribution in [1.82, 2.24) is 0 Å². The predicted octanol–water partition coefficient (Wildman–Crippen LogP) is 1.94. The first kappa shape index (κ1) is 10.6. The minimum Gasteiger partial charge on any atom is -0.493 e. The van der Waals surface area contributed by atoms with Crippen LogP contribution in [0.5, 0.6) is 11.5 Å². The van der Waals surface area contributed by atoms with Crippen LogP contribution in [-0.2, 0) is 4.79 Å². The Balaban J connectivity index is 2.89. The molecule has 0 atom stereocenters. The van der Waals surface area contributed by atoms with E-state index in [-0.39, 0.29) is 0 Å². The van der Waals surface area contributed by atoms with Crippen LogP contribution in [-0.4, -0.2) is 20.0 Å². The molecule has 0 aliphatic heterocycles. The Hall–Kier alpha value is -1.51. The van der Waals surface area contributed by atoms with Crippen LogP contribution in [0.2, 0.25) is 0 Å². The summed E-state index contributed by atoms with van der Waals surface area (Å²) >= 11 is 0. The van der Waals surface area contributed by atoms with E-state index in [0.29, 0.717) is 23.7 Å². The molecule has 0 fully saturated rings. The summed E-state index contributed by atoms with van der Waals surface area (Å²) in [5.41, 5.74) is 0.469. The van der Waals surface area contributed by atoms with Gasteiger partial charge >= 0.3 is 0 Å². The van der Waals surface area contributed by atoms with Crippen molar-refractivity contribution in [2.45, 2.75) is 13.3 Å². The molecule has 0 aliphatic carbocycles. The third-order valence-electron chi connectivity index (χ3n) is 1.74. The van der Waals surface area contributed by atoms with Gasteiger partial charge in [-0.1, -0.05) is 6.92 Å². The second kappa shape index (κ2) is 5.27. The van der Waals surface area contributed by atoms with Gasteiger partial charge in [0, 0.05) is 5.56 Å². The summed E-state index contributed by atoms with van der Waals surface area (Å²) < 4.78 is 10.5. The minimum atomic E-state index is 0.469. The second-order valence-electron chi connectivity index (χ2n) is 2.82. The summed E-state index contributed by atoms with van der Waals surface area (Å²) in [6.07, 6.45) is 2.72. The van der Waals surface area contributed by atoms with Gasteiger partial charge in [0.2, 0.25) is 6.29 Å². The maximum Gasteiger partial charge on any atom is 0.233 e. The average molecular weight is 193 g/mol. The fourth-order valence-electron chi connectivity index (χ4n) is 1.07. The molecule has 1 aromatic carbocycles. The van der Waals surface area contributed by atoms with Crippen molar-refractivity contribution in [2.24, 2.45) is 0 Å². The lowest BCUT2D eigenvalue weighted by Gasteiger charge is -2.09. The number of methoxy groups -OCH3 is 1. The molecule has 0 spiro atoms. The number of rotatable bonds is 5. The van der Waals surface area contributed by atoms with E-state index in [0.717, 1.165) is 6.42 Å². The first-order valence-electron chi connectivity index (χ1n) is 4.50. The highest BCUT2D eigenvalue weighted by Crippen LogP contribution is 2.27. The van der Waals surface area contributed by atoms with Gasteiger partial charge in [0.15, 0.2) is 11.5 Å². The van der Waals surface area contributed by atoms with E-state index in [1.54, 1.807) is 25.3 Å². The summed E-state index contributed by atoms with van der Waals surface area (Å²) in [6.45, 7) is 2.63. The van der Waals surface area contributed by atoms with Crippen molar-refractivity contribution in [2.75, 3.05) is 13.7 Å². The van der Waals surface area contributed by atoms with Crippen molar-refractivity contribution in [3.05, 3.63) is 23.8 Å². The molecule has 0 N–H and O–H groups in total. The lowest BCUT2D eigenvalue weighted by molar-refractivity contribution is 0.294. The molecule has 0 amide bonds. The molecule has 3 nitrogen and oxygen atoms in total. The lowest BCUT2D eigenvalue weighted by atomic mass is 10.2. The zero-order chi connectivity index (χ0) is 10.4. The SMILES string of the molecule is CCCOc1cc([C]=O)ccc1OC. The minimum absolute atomic E-state index is 0.469. The monoisotopic (exact) mass is 193 g/mol. The third-order valence-corrected chi connectivity index (χ3v) is 1.74. The van der Waals surface area contributed by atoms with Crippen LogP contribution in [0.3, 0.4) is 0 Å². The first-order chi connectivity index (χ1) is 6.81. The summed E-state index contributed by atoms with van der Waals surface area (Å²) in [4.78, 5) is 10.4. The molecule has 14 heavy (non-hydrogen) atoms. The Labute approximate surface area is 83.6 Å². The molecule has 0 aliphatic rings. The van der Waals surface area contributed by atoms with Crippen LogP contribution in [0, 0.1) is 0 Å². The Kier molecular flexibility index (Phi) is 3.98. The largest absolute Gasteiger partial charge is 0.493 e. The molecule has 0 unspecified atom stereocenters. The van der Waals surface area contributed by atoms with Gasteiger partial charge in [-0.3, -0.25) is 4.79 Å². The van der Waals surface area contributed by atoms with Crippen molar-refractivity contribution in [3.63, 3.8) is 0 Å². The molecule has 0 heterocycles. The van der Waals surface area contributed by atoms with Gasteiger partial charge < -0.3 is 9.47 Å². The van der Waals surface area contributed by atoms with Gasteiger partial charge in [-0.25, -0.2) is 0 Å². The van der Waals surface area contributed by atoms with Gasteiger partial charge in [0.1, 0.15) is 0 Å². The Morgan fingerprint density at radius 2 is 2.14 bits per heavy atom. The van der Waals surface area contributed by atoms with Gasteiger partial charge in [-0.05, 0) is 24.6 Å². The summed E-state index contributed by atoms with van der Waals surface area (Å²) in [5.74, 6) is 1.23. The Morgan fingerprint density at radius 1 is 1.36 bits per heavy atom. The van der Waals surface area contributed by atoms with Crippen LogP contribution in [0.25, 0.3) is 0 Å². The Bertz CT molecular complexity index is 307.